The highest BCUT2D eigenvalue weighted by Gasteiger charge is 2.31. The van der Waals surface area contributed by atoms with Gasteiger partial charge in [0.1, 0.15) is 5.02 Å². The normalized spacial score (nSPS) is 17.5. The topological polar surface area (TPSA) is 75.4 Å². The van der Waals surface area contributed by atoms with Gasteiger partial charge in [0.2, 0.25) is 0 Å². The SMILES string of the molecule is Cc1cc([N+](=O)[O-])c(Cl)cc1NCC1(CO)CCCCC1. The summed E-state index contributed by atoms with van der Waals surface area (Å²) >= 11 is 5.96. The number of nitrogens with one attached hydrogen (secondary N) is 1. The molecule has 0 spiro atoms. The molecule has 2 rings (SSSR count). The molecule has 2 N–H and O–H groups in total. The van der Waals surface area contributed by atoms with E-state index in [1.54, 1.807) is 6.07 Å². The van der Waals surface area contributed by atoms with Crippen LogP contribution in [-0.2, 0) is 0 Å². The third-order valence-corrected chi connectivity index (χ3v) is 4.70. The van der Waals surface area contributed by atoms with E-state index in [0.29, 0.717) is 6.54 Å². The standard InChI is InChI=1S/C15H21ClN2O3/c1-11-7-14(18(20)21)12(16)8-13(11)17-9-15(10-19)5-3-2-4-6-15/h7-8,17,19H,2-6,9-10H2,1H3. The summed E-state index contributed by atoms with van der Waals surface area (Å²) in [4.78, 5) is 10.4. The van der Waals surface area contributed by atoms with Crippen LogP contribution in [0.1, 0.15) is 37.7 Å². The van der Waals surface area contributed by atoms with Crippen LogP contribution in [0.25, 0.3) is 0 Å². The summed E-state index contributed by atoms with van der Waals surface area (Å²) in [5.74, 6) is 0. The maximum absolute atomic E-state index is 10.9. The predicted octanol–water partition coefficient (Wildman–Crippen LogP) is 3.91. The van der Waals surface area contributed by atoms with E-state index in [2.05, 4.69) is 5.32 Å². The first-order valence-corrected chi connectivity index (χ1v) is 7.64. The van der Waals surface area contributed by atoms with Crippen LogP contribution in [0, 0.1) is 22.5 Å². The Bertz CT molecular complexity index is 528. The molecule has 1 aliphatic carbocycles. The summed E-state index contributed by atoms with van der Waals surface area (Å²) in [6, 6.07) is 3.08. The molecule has 1 saturated carbocycles. The lowest BCUT2D eigenvalue weighted by molar-refractivity contribution is -0.384. The number of halogens is 1. The molecule has 0 saturated heterocycles. The zero-order valence-electron chi connectivity index (χ0n) is 12.2. The summed E-state index contributed by atoms with van der Waals surface area (Å²) in [7, 11) is 0. The molecule has 116 valence electrons. The summed E-state index contributed by atoms with van der Waals surface area (Å²) in [5, 5.41) is 24.0. The molecule has 1 aromatic carbocycles. The van der Waals surface area contributed by atoms with Gasteiger partial charge in [-0.2, -0.15) is 0 Å². The number of hydrogen-bond acceptors (Lipinski definition) is 4. The minimum absolute atomic E-state index is 0.0748. The third kappa shape index (κ3) is 3.66. The van der Waals surface area contributed by atoms with Crippen molar-refractivity contribution in [1.82, 2.24) is 0 Å². The van der Waals surface area contributed by atoms with Crippen LogP contribution in [0.2, 0.25) is 5.02 Å². The lowest BCUT2D eigenvalue weighted by atomic mass is 9.74. The Hall–Kier alpha value is -1.33. The highest BCUT2D eigenvalue weighted by Crippen LogP contribution is 2.37. The quantitative estimate of drug-likeness (QED) is 0.638. The summed E-state index contributed by atoms with van der Waals surface area (Å²) in [5.41, 5.74) is 1.42. The Morgan fingerprint density at radius 3 is 2.62 bits per heavy atom. The van der Waals surface area contributed by atoms with Gasteiger partial charge in [-0.1, -0.05) is 30.9 Å². The van der Waals surface area contributed by atoms with Crippen molar-refractivity contribution < 1.29 is 10.0 Å². The van der Waals surface area contributed by atoms with Crippen molar-refractivity contribution in [3.8, 4) is 0 Å². The molecule has 0 radical (unpaired) electrons. The van der Waals surface area contributed by atoms with Crippen LogP contribution >= 0.6 is 11.6 Å². The molecule has 0 aromatic heterocycles. The monoisotopic (exact) mass is 312 g/mol. The maximum atomic E-state index is 10.9. The lowest BCUT2D eigenvalue weighted by Gasteiger charge is -2.36. The summed E-state index contributed by atoms with van der Waals surface area (Å²) < 4.78 is 0. The zero-order valence-corrected chi connectivity index (χ0v) is 12.9. The first kappa shape index (κ1) is 16.0. The molecule has 1 aromatic rings. The maximum Gasteiger partial charge on any atom is 0.288 e. The number of aliphatic hydroxyl groups is 1. The summed E-state index contributed by atoms with van der Waals surface area (Å²) in [6.45, 7) is 2.65. The second-order valence-corrected chi connectivity index (χ2v) is 6.36. The van der Waals surface area contributed by atoms with Crippen molar-refractivity contribution in [1.29, 1.82) is 0 Å². The Kier molecular flexibility index (Phi) is 5.06. The van der Waals surface area contributed by atoms with Gasteiger partial charge in [-0.15, -0.1) is 0 Å². The molecule has 0 bridgehead atoms. The molecule has 6 heteroatoms. The van der Waals surface area contributed by atoms with Gasteiger partial charge in [0.05, 0.1) is 11.5 Å². The van der Waals surface area contributed by atoms with Crippen LogP contribution in [0.4, 0.5) is 11.4 Å². The molecule has 5 nitrogen and oxygen atoms in total. The van der Waals surface area contributed by atoms with E-state index in [0.717, 1.165) is 36.9 Å². The fraction of sp³-hybridized carbons (Fsp3) is 0.600. The van der Waals surface area contributed by atoms with Crippen molar-refractivity contribution in [3.63, 3.8) is 0 Å². The van der Waals surface area contributed by atoms with E-state index in [-0.39, 0.29) is 22.7 Å². The Balaban J connectivity index is 2.12. The van der Waals surface area contributed by atoms with Gasteiger partial charge >= 0.3 is 0 Å². The highest BCUT2D eigenvalue weighted by molar-refractivity contribution is 6.33. The van der Waals surface area contributed by atoms with Crippen molar-refractivity contribution in [2.24, 2.45) is 5.41 Å². The fourth-order valence-corrected chi connectivity index (χ4v) is 3.20. The minimum Gasteiger partial charge on any atom is -0.396 e. The van der Waals surface area contributed by atoms with Crippen LogP contribution in [-0.4, -0.2) is 23.2 Å². The first-order chi connectivity index (χ1) is 9.97. The molecule has 0 amide bonds. The molecular weight excluding hydrogens is 292 g/mol. The molecule has 1 aliphatic rings. The zero-order chi connectivity index (χ0) is 15.5. The first-order valence-electron chi connectivity index (χ1n) is 7.27. The van der Waals surface area contributed by atoms with Crippen LogP contribution in [0.15, 0.2) is 12.1 Å². The van der Waals surface area contributed by atoms with Crippen LogP contribution in [0.5, 0.6) is 0 Å². The third-order valence-electron chi connectivity index (χ3n) is 4.39. The number of nitrogens with zero attached hydrogens (tertiary/aromatic N) is 1. The highest BCUT2D eigenvalue weighted by atomic mass is 35.5. The molecule has 0 atom stereocenters. The number of aryl methyl sites for hydroxylation is 1. The van der Waals surface area contributed by atoms with E-state index < -0.39 is 4.92 Å². The van der Waals surface area contributed by atoms with Gasteiger partial charge in [0.25, 0.3) is 5.69 Å². The van der Waals surface area contributed by atoms with Crippen molar-refractivity contribution in [2.75, 3.05) is 18.5 Å². The van der Waals surface area contributed by atoms with Gasteiger partial charge in [0.15, 0.2) is 0 Å². The Morgan fingerprint density at radius 1 is 1.38 bits per heavy atom. The Labute approximate surface area is 129 Å². The number of aliphatic hydroxyl groups excluding tert-OH is 1. The number of rotatable bonds is 5. The van der Waals surface area contributed by atoms with Gasteiger partial charge in [-0.25, -0.2) is 0 Å². The van der Waals surface area contributed by atoms with Crippen molar-refractivity contribution >= 4 is 23.0 Å². The molecule has 0 aliphatic heterocycles. The minimum atomic E-state index is -0.477. The van der Waals surface area contributed by atoms with E-state index in [4.69, 9.17) is 11.6 Å². The van der Waals surface area contributed by atoms with Gasteiger partial charge in [-0.3, -0.25) is 10.1 Å². The fourth-order valence-electron chi connectivity index (χ4n) is 2.97. The molecule has 1 fully saturated rings. The van der Waals surface area contributed by atoms with E-state index in [1.807, 2.05) is 6.92 Å². The number of anilines is 1. The summed E-state index contributed by atoms with van der Waals surface area (Å²) in [6.07, 6.45) is 5.53. The molecular formula is C15H21ClN2O3. The molecule has 21 heavy (non-hydrogen) atoms. The van der Waals surface area contributed by atoms with E-state index in [1.165, 1.54) is 12.5 Å². The second-order valence-electron chi connectivity index (χ2n) is 5.95. The number of benzene rings is 1. The number of nitro groups is 1. The molecule has 0 heterocycles. The van der Waals surface area contributed by atoms with Gasteiger partial charge in [-0.05, 0) is 31.4 Å². The smallest absolute Gasteiger partial charge is 0.288 e. The van der Waals surface area contributed by atoms with Crippen molar-refractivity contribution in [2.45, 2.75) is 39.0 Å². The van der Waals surface area contributed by atoms with Gasteiger partial charge in [0, 0.05) is 23.7 Å². The lowest BCUT2D eigenvalue weighted by Crippen LogP contribution is -2.35. The average molecular weight is 313 g/mol. The predicted molar refractivity (Wildman–Crippen MR) is 83.9 cm³/mol. The van der Waals surface area contributed by atoms with Crippen molar-refractivity contribution in [3.05, 3.63) is 32.8 Å². The Morgan fingerprint density at radius 2 is 2.05 bits per heavy atom. The van der Waals surface area contributed by atoms with Crippen LogP contribution in [0.3, 0.4) is 0 Å². The number of hydrogen-bond donors (Lipinski definition) is 2. The van der Waals surface area contributed by atoms with E-state index in [9.17, 15) is 15.2 Å². The number of nitro benzene ring substituents is 1. The average Bonchev–Trinajstić information content (AvgIpc) is 2.48. The van der Waals surface area contributed by atoms with Gasteiger partial charge < -0.3 is 10.4 Å². The largest absolute Gasteiger partial charge is 0.396 e. The second kappa shape index (κ2) is 6.62. The van der Waals surface area contributed by atoms with Crippen LogP contribution < -0.4 is 5.32 Å². The molecule has 0 unspecified atom stereocenters. The van der Waals surface area contributed by atoms with E-state index >= 15 is 0 Å².